The molecule has 0 atom stereocenters. The van der Waals surface area contributed by atoms with E-state index in [9.17, 15) is 19.2 Å². The van der Waals surface area contributed by atoms with Gasteiger partial charge in [-0.25, -0.2) is 9.59 Å². The molecule has 0 spiro atoms. The van der Waals surface area contributed by atoms with Gasteiger partial charge >= 0.3 is 11.9 Å². The molecule has 0 unspecified atom stereocenters. The van der Waals surface area contributed by atoms with Gasteiger partial charge in [-0.05, 0) is 92.7 Å². The zero-order valence-corrected chi connectivity index (χ0v) is 22.7. The topological polar surface area (TPSA) is 90.0 Å². The Balaban J connectivity index is 1.52. The molecule has 0 radical (unpaired) electrons. The third kappa shape index (κ3) is 7.88. The predicted molar refractivity (Wildman–Crippen MR) is 134 cm³/mol. The van der Waals surface area contributed by atoms with E-state index in [0.717, 1.165) is 42.8 Å². The van der Waals surface area contributed by atoms with E-state index in [-0.39, 0.29) is 25.2 Å². The van der Waals surface area contributed by atoms with Crippen LogP contribution in [0.5, 0.6) is 0 Å². The van der Waals surface area contributed by atoms with Crippen LogP contribution in [0.3, 0.4) is 0 Å². The van der Waals surface area contributed by atoms with Crippen LogP contribution in [-0.2, 0) is 24.0 Å². The van der Waals surface area contributed by atoms with Crippen molar-refractivity contribution in [2.24, 2.45) is 0 Å². The fourth-order valence-corrected chi connectivity index (χ4v) is 5.16. The Kier molecular flexibility index (Phi) is 11.3. The minimum absolute atomic E-state index is 0.102. The summed E-state index contributed by atoms with van der Waals surface area (Å²) in [5.74, 6) is -1.75. The molecule has 1 aliphatic heterocycles. The number of rotatable bonds is 11. The molecular weight excluding hydrogens is 731 g/mol. The lowest BCUT2D eigenvalue weighted by Gasteiger charge is -2.12. The van der Waals surface area contributed by atoms with Gasteiger partial charge in [0, 0.05) is 30.0 Å². The van der Waals surface area contributed by atoms with Gasteiger partial charge in [0.15, 0.2) is 0 Å². The second-order valence-electron chi connectivity index (χ2n) is 6.77. The summed E-state index contributed by atoms with van der Waals surface area (Å²) in [6, 6.07) is 3.89. The Morgan fingerprint density at radius 1 is 0.867 bits per heavy atom. The first-order valence-electron chi connectivity index (χ1n) is 9.68. The Labute approximate surface area is 216 Å². The number of halogens is 3. The summed E-state index contributed by atoms with van der Waals surface area (Å²) >= 11 is 6.52. The van der Waals surface area contributed by atoms with Crippen LogP contribution in [0.2, 0.25) is 0 Å². The number of carbonyl (C=O) groups is 4. The first kappa shape index (κ1) is 25.7. The zero-order chi connectivity index (χ0) is 22.1. The molecular formula is C20H22I3NO6. The number of imide groups is 1. The van der Waals surface area contributed by atoms with E-state index in [1.807, 2.05) is 12.1 Å². The molecule has 1 fully saturated rings. The van der Waals surface area contributed by atoms with Crippen molar-refractivity contribution in [1.82, 2.24) is 5.06 Å². The van der Waals surface area contributed by atoms with E-state index in [0.29, 0.717) is 23.7 Å². The molecule has 1 heterocycles. The van der Waals surface area contributed by atoms with Gasteiger partial charge in [0.05, 0.1) is 12.2 Å². The van der Waals surface area contributed by atoms with Crippen LogP contribution < -0.4 is 0 Å². The molecule has 1 saturated heterocycles. The molecule has 1 aromatic rings. The highest BCUT2D eigenvalue weighted by Gasteiger charge is 2.32. The normalized spacial score (nSPS) is 13.6. The van der Waals surface area contributed by atoms with Crippen LogP contribution in [0.4, 0.5) is 0 Å². The Morgan fingerprint density at radius 2 is 1.43 bits per heavy atom. The number of hydroxylamine groups is 2. The van der Waals surface area contributed by atoms with Gasteiger partial charge in [-0.1, -0.05) is 25.7 Å². The number of esters is 1. The summed E-state index contributed by atoms with van der Waals surface area (Å²) in [4.78, 5) is 51.6. The van der Waals surface area contributed by atoms with Gasteiger partial charge < -0.3 is 9.57 Å². The number of amides is 2. The van der Waals surface area contributed by atoms with E-state index in [4.69, 9.17) is 9.57 Å². The monoisotopic (exact) mass is 753 g/mol. The Morgan fingerprint density at radius 3 is 2.10 bits per heavy atom. The van der Waals surface area contributed by atoms with Crippen molar-refractivity contribution in [1.29, 1.82) is 0 Å². The second kappa shape index (κ2) is 13.1. The first-order chi connectivity index (χ1) is 14.3. The van der Waals surface area contributed by atoms with Crippen LogP contribution >= 0.6 is 67.8 Å². The number of hydrogen-bond donors (Lipinski definition) is 0. The van der Waals surface area contributed by atoms with Crippen LogP contribution in [0.1, 0.15) is 68.1 Å². The SMILES string of the molecule is O=C(CCCCCCCCOC(=O)c1c(I)ccc(I)c1I)ON1C(=O)CCC1=O. The third-order valence-electron chi connectivity index (χ3n) is 4.46. The average Bonchev–Trinajstić information content (AvgIpc) is 3.01. The minimum Gasteiger partial charge on any atom is -0.462 e. The van der Waals surface area contributed by atoms with E-state index in [2.05, 4.69) is 67.8 Å². The second-order valence-corrected chi connectivity index (χ2v) is 10.2. The van der Waals surface area contributed by atoms with E-state index < -0.39 is 17.8 Å². The zero-order valence-electron chi connectivity index (χ0n) is 16.3. The Bertz CT molecular complexity index is 798. The van der Waals surface area contributed by atoms with E-state index in [1.54, 1.807) is 0 Å². The summed E-state index contributed by atoms with van der Waals surface area (Å²) in [6.07, 6.45) is 5.56. The maximum absolute atomic E-state index is 12.3. The molecule has 2 amide bonds. The number of hydrogen-bond acceptors (Lipinski definition) is 6. The quantitative estimate of drug-likeness (QED) is 0.104. The molecule has 0 aromatic heterocycles. The molecule has 0 aliphatic carbocycles. The molecule has 0 saturated carbocycles. The van der Waals surface area contributed by atoms with Crippen LogP contribution in [0, 0.1) is 10.7 Å². The minimum atomic E-state index is -0.551. The number of carbonyl (C=O) groups excluding carboxylic acids is 4. The van der Waals surface area contributed by atoms with Crippen molar-refractivity contribution >= 4 is 91.5 Å². The summed E-state index contributed by atoms with van der Waals surface area (Å²) in [5.41, 5.74) is 0.632. The van der Waals surface area contributed by atoms with Gasteiger partial charge in [0.25, 0.3) is 11.8 Å². The number of unbranched alkanes of at least 4 members (excludes halogenated alkanes) is 5. The molecule has 0 bridgehead atoms. The molecule has 164 valence electrons. The summed E-state index contributed by atoms with van der Waals surface area (Å²) in [5, 5.41) is 0.585. The molecule has 1 aliphatic rings. The van der Waals surface area contributed by atoms with Crippen molar-refractivity contribution in [2.45, 2.75) is 57.8 Å². The van der Waals surface area contributed by atoms with Crippen molar-refractivity contribution in [2.75, 3.05) is 6.61 Å². The van der Waals surface area contributed by atoms with Crippen LogP contribution in [-0.4, -0.2) is 35.4 Å². The summed E-state index contributed by atoms with van der Waals surface area (Å²) < 4.78 is 8.25. The van der Waals surface area contributed by atoms with Crippen LogP contribution in [0.25, 0.3) is 0 Å². The highest BCUT2D eigenvalue weighted by Crippen LogP contribution is 2.25. The predicted octanol–water partition coefficient (Wildman–Crippen LogP) is 5.00. The molecule has 10 heteroatoms. The number of benzene rings is 1. The van der Waals surface area contributed by atoms with Crippen molar-refractivity contribution < 1.29 is 28.8 Å². The van der Waals surface area contributed by atoms with Gasteiger partial charge in [-0.15, -0.1) is 5.06 Å². The molecule has 1 aromatic carbocycles. The third-order valence-corrected chi connectivity index (χ3v) is 8.41. The average molecular weight is 753 g/mol. The standard InChI is InChI=1S/C20H22I3NO6/c21-13-8-9-14(22)19(23)18(13)20(28)29-12-6-4-2-1-3-5-7-17(27)30-24-15(25)10-11-16(24)26/h8-9H,1-7,10-12H2. The fourth-order valence-electron chi connectivity index (χ4n) is 2.84. The highest BCUT2D eigenvalue weighted by atomic mass is 127. The van der Waals surface area contributed by atoms with Crippen molar-refractivity contribution in [3.63, 3.8) is 0 Å². The van der Waals surface area contributed by atoms with E-state index >= 15 is 0 Å². The smallest absolute Gasteiger partial charge is 0.340 e. The lowest BCUT2D eigenvalue weighted by atomic mass is 10.1. The van der Waals surface area contributed by atoms with Crippen LogP contribution in [0.15, 0.2) is 12.1 Å². The van der Waals surface area contributed by atoms with Crippen molar-refractivity contribution in [3.05, 3.63) is 28.4 Å². The lowest BCUT2D eigenvalue weighted by Crippen LogP contribution is -2.31. The summed E-state index contributed by atoms with van der Waals surface area (Å²) in [6.45, 7) is 0.390. The van der Waals surface area contributed by atoms with Gasteiger partial charge in [-0.2, -0.15) is 0 Å². The lowest BCUT2D eigenvalue weighted by molar-refractivity contribution is -0.197. The van der Waals surface area contributed by atoms with Gasteiger partial charge in [0.2, 0.25) is 0 Å². The fraction of sp³-hybridized carbons (Fsp3) is 0.500. The maximum atomic E-state index is 12.3. The highest BCUT2D eigenvalue weighted by molar-refractivity contribution is 14.1. The molecule has 2 rings (SSSR count). The largest absolute Gasteiger partial charge is 0.462 e. The molecule has 0 N–H and O–H groups in total. The molecule has 30 heavy (non-hydrogen) atoms. The Hall–Kier alpha value is -0.510. The number of nitrogens with zero attached hydrogens (tertiary/aromatic N) is 1. The maximum Gasteiger partial charge on any atom is 0.340 e. The van der Waals surface area contributed by atoms with Crippen molar-refractivity contribution in [3.8, 4) is 0 Å². The first-order valence-corrected chi connectivity index (χ1v) is 12.9. The molecule has 7 nitrogen and oxygen atoms in total. The summed E-state index contributed by atoms with van der Waals surface area (Å²) in [7, 11) is 0. The van der Waals surface area contributed by atoms with Gasteiger partial charge in [-0.3, -0.25) is 9.59 Å². The number of ether oxygens (including phenoxy) is 1. The van der Waals surface area contributed by atoms with E-state index in [1.165, 1.54) is 0 Å². The van der Waals surface area contributed by atoms with Gasteiger partial charge in [0.1, 0.15) is 0 Å².